The van der Waals surface area contributed by atoms with Gasteiger partial charge in [-0.3, -0.25) is 4.79 Å². The van der Waals surface area contributed by atoms with Crippen molar-refractivity contribution < 1.29 is 4.79 Å². The summed E-state index contributed by atoms with van der Waals surface area (Å²) < 4.78 is 0. The topological polar surface area (TPSA) is 81.1 Å². The molecule has 0 atom stereocenters. The Morgan fingerprint density at radius 2 is 2.00 bits per heavy atom. The minimum absolute atomic E-state index is 0.454. The van der Waals surface area contributed by atoms with Gasteiger partial charge in [-0.25, -0.2) is 0 Å². The molecule has 94 valence electrons. The van der Waals surface area contributed by atoms with Crippen LogP contribution in [0.5, 0.6) is 0 Å². The Morgan fingerprint density at radius 1 is 1.35 bits per heavy atom. The van der Waals surface area contributed by atoms with Crippen LogP contribution in [0, 0.1) is 5.92 Å². The van der Waals surface area contributed by atoms with E-state index in [1.54, 1.807) is 18.2 Å². The molecule has 5 N–H and O–H groups in total. The Morgan fingerprint density at radius 3 is 2.53 bits per heavy atom. The highest BCUT2D eigenvalue weighted by molar-refractivity contribution is 6.01. The first kappa shape index (κ1) is 13.4. The first-order valence-corrected chi connectivity index (χ1v) is 6.02. The normalized spacial score (nSPS) is 10.5. The molecule has 0 aliphatic carbocycles. The van der Waals surface area contributed by atoms with Crippen LogP contribution in [0.1, 0.15) is 37.0 Å². The molecular formula is C13H21N3O. The molecule has 0 saturated carbocycles. The molecule has 0 heterocycles. The maximum absolute atomic E-state index is 11.3. The molecule has 4 heteroatoms. The predicted molar refractivity (Wildman–Crippen MR) is 71.9 cm³/mol. The zero-order valence-electron chi connectivity index (χ0n) is 10.5. The summed E-state index contributed by atoms with van der Waals surface area (Å²) in [4.78, 5) is 11.3. The maximum Gasteiger partial charge on any atom is 0.250 e. The number of anilines is 2. The van der Waals surface area contributed by atoms with Gasteiger partial charge < -0.3 is 16.8 Å². The number of rotatable bonds is 6. The minimum Gasteiger partial charge on any atom is -0.397 e. The van der Waals surface area contributed by atoms with Crippen LogP contribution in [-0.4, -0.2) is 12.5 Å². The number of primary amides is 1. The molecule has 0 fully saturated rings. The molecule has 0 aromatic heterocycles. The molecule has 1 aromatic carbocycles. The number of para-hydroxylation sites is 1. The van der Waals surface area contributed by atoms with Crippen LogP contribution in [0.2, 0.25) is 0 Å². The van der Waals surface area contributed by atoms with E-state index in [4.69, 9.17) is 11.5 Å². The van der Waals surface area contributed by atoms with Gasteiger partial charge in [0.05, 0.1) is 16.9 Å². The van der Waals surface area contributed by atoms with E-state index >= 15 is 0 Å². The third-order valence-corrected chi connectivity index (χ3v) is 3.08. The number of nitrogens with one attached hydrogen (secondary N) is 1. The van der Waals surface area contributed by atoms with Crippen molar-refractivity contribution in [2.45, 2.75) is 26.7 Å². The van der Waals surface area contributed by atoms with Crippen molar-refractivity contribution in [1.82, 2.24) is 0 Å². The monoisotopic (exact) mass is 235 g/mol. The fourth-order valence-corrected chi connectivity index (χ4v) is 1.80. The smallest absolute Gasteiger partial charge is 0.250 e. The maximum atomic E-state index is 11.3. The summed E-state index contributed by atoms with van der Waals surface area (Å²) in [6.45, 7) is 5.11. The Bertz CT molecular complexity index is 386. The number of carbonyl (C=O) groups is 1. The van der Waals surface area contributed by atoms with Gasteiger partial charge in [0, 0.05) is 6.54 Å². The molecule has 1 rings (SSSR count). The van der Waals surface area contributed by atoms with Crippen LogP contribution in [0.25, 0.3) is 0 Å². The van der Waals surface area contributed by atoms with Crippen LogP contribution in [0.3, 0.4) is 0 Å². The molecule has 0 bridgehead atoms. The van der Waals surface area contributed by atoms with E-state index in [9.17, 15) is 4.79 Å². The lowest BCUT2D eigenvalue weighted by atomic mass is 10.0. The van der Waals surface area contributed by atoms with Gasteiger partial charge in [-0.05, 0) is 18.1 Å². The minimum atomic E-state index is -0.454. The van der Waals surface area contributed by atoms with Gasteiger partial charge in [0.15, 0.2) is 0 Å². The van der Waals surface area contributed by atoms with Gasteiger partial charge in [-0.1, -0.05) is 32.8 Å². The Hall–Kier alpha value is -1.71. The lowest BCUT2D eigenvalue weighted by Gasteiger charge is -2.17. The fraction of sp³-hybridized carbons (Fsp3) is 0.462. The van der Waals surface area contributed by atoms with E-state index in [2.05, 4.69) is 19.2 Å². The van der Waals surface area contributed by atoms with Gasteiger partial charge in [0.2, 0.25) is 0 Å². The second-order valence-corrected chi connectivity index (χ2v) is 4.20. The molecule has 0 unspecified atom stereocenters. The molecule has 1 amide bonds. The SMILES string of the molecule is CCC(CC)CNc1c(N)cccc1C(N)=O. The third-order valence-electron chi connectivity index (χ3n) is 3.08. The third kappa shape index (κ3) is 3.37. The fourth-order valence-electron chi connectivity index (χ4n) is 1.80. The molecule has 1 aromatic rings. The number of carbonyl (C=O) groups excluding carboxylic acids is 1. The van der Waals surface area contributed by atoms with Crippen molar-refractivity contribution in [3.8, 4) is 0 Å². The molecule has 0 aliphatic heterocycles. The second-order valence-electron chi connectivity index (χ2n) is 4.20. The van der Waals surface area contributed by atoms with Crippen molar-refractivity contribution in [3.05, 3.63) is 23.8 Å². The first-order valence-electron chi connectivity index (χ1n) is 6.02. The number of nitrogen functional groups attached to an aromatic ring is 1. The Labute approximate surface area is 102 Å². The summed E-state index contributed by atoms with van der Waals surface area (Å²) in [5, 5.41) is 3.24. The summed E-state index contributed by atoms with van der Waals surface area (Å²) in [5.74, 6) is 0.125. The van der Waals surface area contributed by atoms with E-state index < -0.39 is 5.91 Å². The van der Waals surface area contributed by atoms with Gasteiger partial charge in [-0.2, -0.15) is 0 Å². The number of amides is 1. The van der Waals surface area contributed by atoms with Crippen LogP contribution >= 0.6 is 0 Å². The van der Waals surface area contributed by atoms with Gasteiger partial charge in [0.1, 0.15) is 0 Å². The molecule has 0 spiro atoms. The van der Waals surface area contributed by atoms with Crippen LogP contribution < -0.4 is 16.8 Å². The van der Waals surface area contributed by atoms with Gasteiger partial charge >= 0.3 is 0 Å². The predicted octanol–water partition coefficient (Wildman–Crippen LogP) is 2.22. The van der Waals surface area contributed by atoms with E-state index in [0.29, 0.717) is 22.9 Å². The standard InChI is InChI=1S/C13H21N3O/c1-3-9(4-2)8-16-12-10(13(15)17)6-5-7-11(12)14/h5-7,9,16H,3-4,8,14H2,1-2H3,(H2,15,17). The number of hydrogen-bond donors (Lipinski definition) is 3. The van der Waals surface area contributed by atoms with Crippen molar-refractivity contribution in [1.29, 1.82) is 0 Å². The quantitative estimate of drug-likeness (QED) is 0.661. The summed E-state index contributed by atoms with van der Waals surface area (Å²) >= 11 is 0. The summed E-state index contributed by atoms with van der Waals surface area (Å²) in [6, 6.07) is 5.19. The Balaban J connectivity index is 2.85. The molecule has 4 nitrogen and oxygen atoms in total. The zero-order valence-corrected chi connectivity index (χ0v) is 10.5. The van der Waals surface area contributed by atoms with E-state index in [1.165, 1.54) is 0 Å². The highest BCUT2D eigenvalue weighted by atomic mass is 16.1. The first-order chi connectivity index (χ1) is 8.10. The van der Waals surface area contributed by atoms with Crippen LogP contribution in [-0.2, 0) is 0 Å². The summed E-state index contributed by atoms with van der Waals surface area (Å²) in [7, 11) is 0. The molecule has 0 radical (unpaired) electrons. The lowest BCUT2D eigenvalue weighted by Crippen LogP contribution is -2.19. The van der Waals surface area contributed by atoms with Crippen LogP contribution in [0.4, 0.5) is 11.4 Å². The van der Waals surface area contributed by atoms with Crippen molar-refractivity contribution in [3.63, 3.8) is 0 Å². The Kier molecular flexibility index (Phi) is 4.82. The summed E-state index contributed by atoms with van der Waals surface area (Å²) in [5.41, 5.74) is 12.9. The molecule has 17 heavy (non-hydrogen) atoms. The number of nitrogens with two attached hydrogens (primary N) is 2. The average Bonchev–Trinajstić information content (AvgIpc) is 2.31. The highest BCUT2D eigenvalue weighted by Gasteiger charge is 2.12. The van der Waals surface area contributed by atoms with E-state index in [-0.39, 0.29) is 0 Å². The van der Waals surface area contributed by atoms with Crippen molar-refractivity contribution >= 4 is 17.3 Å². The summed E-state index contributed by atoms with van der Waals surface area (Å²) in [6.07, 6.45) is 2.20. The molecule has 0 aliphatic rings. The van der Waals surface area contributed by atoms with E-state index in [0.717, 1.165) is 19.4 Å². The zero-order chi connectivity index (χ0) is 12.8. The number of benzene rings is 1. The average molecular weight is 235 g/mol. The van der Waals surface area contributed by atoms with Gasteiger partial charge in [-0.15, -0.1) is 0 Å². The molecular weight excluding hydrogens is 214 g/mol. The molecule has 0 saturated heterocycles. The van der Waals surface area contributed by atoms with Crippen molar-refractivity contribution in [2.75, 3.05) is 17.6 Å². The largest absolute Gasteiger partial charge is 0.397 e. The van der Waals surface area contributed by atoms with E-state index in [1.807, 2.05) is 0 Å². The second kappa shape index (κ2) is 6.13. The van der Waals surface area contributed by atoms with Crippen molar-refractivity contribution in [2.24, 2.45) is 11.7 Å². The number of hydrogen-bond acceptors (Lipinski definition) is 3. The highest BCUT2D eigenvalue weighted by Crippen LogP contribution is 2.24. The van der Waals surface area contributed by atoms with Crippen LogP contribution in [0.15, 0.2) is 18.2 Å². The van der Waals surface area contributed by atoms with Gasteiger partial charge in [0.25, 0.3) is 5.91 Å². The lowest BCUT2D eigenvalue weighted by molar-refractivity contribution is 0.100.